The number of nitrogens with one attached hydrogen (secondary N) is 1. The zero-order valence-electron chi connectivity index (χ0n) is 14.8. The lowest BCUT2D eigenvalue weighted by molar-refractivity contribution is -0.144. The van der Waals surface area contributed by atoms with Crippen LogP contribution in [0.1, 0.15) is 31.7 Å². The van der Waals surface area contributed by atoms with Gasteiger partial charge in [-0.05, 0) is 31.5 Å². The van der Waals surface area contributed by atoms with E-state index in [4.69, 9.17) is 19.9 Å². The number of nitrogens with two attached hydrogens (primary N) is 1. The summed E-state index contributed by atoms with van der Waals surface area (Å²) >= 11 is 0. The van der Waals surface area contributed by atoms with Crippen LogP contribution in [0.5, 0.6) is 11.5 Å². The van der Waals surface area contributed by atoms with Crippen LogP contribution in [0.2, 0.25) is 0 Å². The molecule has 0 spiro atoms. The third-order valence-electron chi connectivity index (χ3n) is 4.40. The lowest BCUT2D eigenvalue weighted by atomic mass is 9.82. The molecule has 26 heavy (non-hydrogen) atoms. The summed E-state index contributed by atoms with van der Waals surface area (Å²) < 4.78 is 16.0. The Morgan fingerprint density at radius 3 is 2.73 bits per heavy atom. The van der Waals surface area contributed by atoms with Crippen molar-refractivity contribution < 1.29 is 28.6 Å². The van der Waals surface area contributed by atoms with Crippen LogP contribution < -0.4 is 20.5 Å². The largest absolute Gasteiger partial charge is 0.493 e. The first-order valence-electron chi connectivity index (χ1n) is 8.10. The molecule has 0 bridgehead atoms. The monoisotopic (exact) mass is 360 g/mol. The van der Waals surface area contributed by atoms with Gasteiger partial charge in [-0.3, -0.25) is 9.59 Å². The van der Waals surface area contributed by atoms with Crippen LogP contribution in [0.25, 0.3) is 0 Å². The molecule has 0 radical (unpaired) electrons. The molecule has 2 aliphatic heterocycles. The van der Waals surface area contributed by atoms with Crippen molar-refractivity contribution in [2.45, 2.75) is 31.8 Å². The van der Waals surface area contributed by atoms with E-state index in [-0.39, 0.29) is 18.9 Å². The summed E-state index contributed by atoms with van der Waals surface area (Å²) in [6.45, 7) is 3.19. The molecule has 138 valence electrons. The van der Waals surface area contributed by atoms with Gasteiger partial charge in [0.25, 0.3) is 5.91 Å². The topological polar surface area (TPSA) is 117 Å². The van der Waals surface area contributed by atoms with Gasteiger partial charge in [0.05, 0.1) is 18.4 Å². The Hall–Kier alpha value is -3.03. The minimum atomic E-state index is -0.880. The van der Waals surface area contributed by atoms with Crippen molar-refractivity contribution in [3.63, 3.8) is 0 Å². The highest BCUT2D eigenvalue weighted by molar-refractivity contribution is 5.99. The summed E-state index contributed by atoms with van der Waals surface area (Å²) in [7, 11) is 1.46. The zero-order valence-corrected chi connectivity index (χ0v) is 14.8. The van der Waals surface area contributed by atoms with E-state index in [1.54, 1.807) is 32.0 Å². The molecule has 1 aromatic carbocycles. The van der Waals surface area contributed by atoms with Gasteiger partial charge in [-0.15, -0.1) is 0 Å². The average Bonchev–Trinajstić information content (AvgIpc) is 2.81. The highest BCUT2D eigenvalue weighted by Gasteiger charge is 2.47. The van der Waals surface area contributed by atoms with E-state index in [9.17, 15) is 14.4 Å². The summed E-state index contributed by atoms with van der Waals surface area (Å²) in [5.74, 6) is -0.963. The Kier molecular flexibility index (Phi) is 4.35. The Morgan fingerprint density at radius 2 is 2.08 bits per heavy atom. The molecule has 0 saturated heterocycles. The van der Waals surface area contributed by atoms with Crippen LogP contribution in [0.3, 0.4) is 0 Å². The number of carbonyl (C=O) groups excluding carboxylic acids is 3. The first-order valence-corrected chi connectivity index (χ1v) is 8.10. The molecule has 2 heterocycles. The first kappa shape index (κ1) is 17.8. The van der Waals surface area contributed by atoms with E-state index < -0.39 is 23.4 Å². The molecule has 3 N–H and O–H groups in total. The number of hydrogen-bond acceptors (Lipinski definition) is 6. The van der Waals surface area contributed by atoms with Gasteiger partial charge in [0, 0.05) is 12.3 Å². The third-order valence-corrected chi connectivity index (χ3v) is 4.40. The van der Waals surface area contributed by atoms with Crippen LogP contribution in [0, 0.1) is 0 Å². The molecule has 3 rings (SSSR count). The van der Waals surface area contributed by atoms with Crippen LogP contribution in [-0.4, -0.2) is 37.1 Å². The van der Waals surface area contributed by atoms with Gasteiger partial charge in [-0.2, -0.15) is 0 Å². The van der Waals surface area contributed by atoms with Crippen LogP contribution in [-0.2, 0) is 19.1 Å². The SMILES string of the molecule is COc1cc([C@H]2CC(=O)NC3=C2C(=O)OC3(C)C)ccc1OCC(N)=O. The van der Waals surface area contributed by atoms with Gasteiger partial charge in [-0.1, -0.05) is 6.07 Å². The molecule has 0 aliphatic carbocycles. The number of ether oxygens (including phenoxy) is 3. The van der Waals surface area contributed by atoms with E-state index >= 15 is 0 Å². The average molecular weight is 360 g/mol. The molecule has 8 nitrogen and oxygen atoms in total. The number of carbonyl (C=O) groups is 3. The third kappa shape index (κ3) is 3.10. The fraction of sp³-hybridized carbons (Fsp3) is 0.389. The van der Waals surface area contributed by atoms with Crippen LogP contribution >= 0.6 is 0 Å². The Bertz CT molecular complexity index is 827. The summed E-state index contributed by atoms with van der Waals surface area (Å²) in [6, 6.07) is 5.03. The molecular formula is C18H20N2O6. The summed E-state index contributed by atoms with van der Waals surface area (Å²) in [5, 5.41) is 2.76. The standard InChI is InChI=1S/C18H20N2O6/c1-18(2)16-15(17(23)26-18)10(7-14(22)20-16)9-4-5-11(12(6-9)24-3)25-8-13(19)21/h4-6,10H,7-8H2,1-3H3,(H2,19,21)(H,20,22)/t10-/m1/s1. The second kappa shape index (κ2) is 6.36. The Balaban J connectivity index is 2.00. The summed E-state index contributed by atoms with van der Waals surface area (Å²) in [6.07, 6.45) is 0.120. The molecule has 0 unspecified atom stereocenters. The minimum absolute atomic E-state index is 0.120. The van der Waals surface area contributed by atoms with Crippen LogP contribution in [0.15, 0.2) is 29.5 Å². The van der Waals surface area contributed by atoms with Gasteiger partial charge >= 0.3 is 5.97 Å². The first-order chi connectivity index (χ1) is 12.2. The summed E-state index contributed by atoms with van der Waals surface area (Å²) in [4.78, 5) is 35.4. The fourth-order valence-electron chi connectivity index (χ4n) is 3.23. The lowest BCUT2D eigenvalue weighted by Crippen LogP contribution is -2.38. The molecule has 1 atom stereocenters. The maximum absolute atomic E-state index is 12.4. The second-order valence-corrected chi connectivity index (χ2v) is 6.66. The van der Waals surface area contributed by atoms with Gasteiger partial charge < -0.3 is 25.3 Å². The van der Waals surface area contributed by atoms with Gasteiger partial charge in [0.1, 0.15) is 5.60 Å². The van der Waals surface area contributed by atoms with Crippen molar-refractivity contribution in [1.82, 2.24) is 5.32 Å². The quantitative estimate of drug-likeness (QED) is 0.749. The predicted octanol–water partition coefficient (Wildman–Crippen LogP) is 0.752. The van der Waals surface area contributed by atoms with Crippen molar-refractivity contribution in [3.8, 4) is 11.5 Å². The highest BCUT2D eigenvalue weighted by atomic mass is 16.6. The van der Waals surface area contributed by atoms with Crippen molar-refractivity contribution in [1.29, 1.82) is 0 Å². The van der Waals surface area contributed by atoms with Crippen molar-refractivity contribution in [2.75, 3.05) is 13.7 Å². The molecule has 0 aromatic heterocycles. The van der Waals surface area contributed by atoms with Gasteiger partial charge in [-0.25, -0.2) is 4.79 Å². The van der Waals surface area contributed by atoms with Crippen molar-refractivity contribution in [2.24, 2.45) is 5.73 Å². The maximum atomic E-state index is 12.4. The molecule has 2 aliphatic rings. The molecule has 0 saturated carbocycles. The maximum Gasteiger partial charge on any atom is 0.337 e. The van der Waals surface area contributed by atoms with E-state index in [1.165, 1.54) is 7.11 Å². The fourth-order valence-corrected chi connectivity index (χ4v) is 3.23. The number of hydrogen-bond donors (Lipinski definition) is 2. The van der Waals surface area contributed by atoms with E-state index in [0.29, 0.717) is 28.3 Å². The van der Waals surface area contributed by atoms with Gasteiger partial charge in [0.2, 0.25) is 5.91 Å². The van der Waals surface area contributed by atoms with Crippen molar-refractivity contribution in [3.05, 3.63) is 35.0 Å². The van der Waals surface area contributed by atoms with E-state index in [0.717, 1.165) is 0 Å². The van der Waals surface area contributed by atoms with Gasteiger partial charge in [0.15, 0.2) is 18.1 Å². The molecule has 2 amide bonds. The number of esters is 1. The number of amides is 2. The normalized spacial score (nSPS) is 21.0. The lowest BCUT2D eigenvalue weighted by Gasteiger charge is -2.27. The number of cyclic esters (lactones) is 1. The summed E-state index contributed by atoms with van der Waals surface area (Å²) in [5.41, 5.74) is 5.86. The Labute approximate surface area is 150 Å². The number of benzene rings is 1. The number of primary amides is 1. The number of methoxy groups -OCH3 is 1. The predicted molar refractivity (Wildman–Crippen MR) is 90.4 cm³/mol. The molecule has 0 fully saturated rings. The molecular weight excluding hydrogens is 340 g/mol. The van der Waals surface area contributed by atoms with Crippen molar-refractivity contribution >= 4 is 17.8 Å². The van der Waals surface area contributed by atoms with E-state index in [1.807, 2.05) is 0 Å². The molecule has 1 aromatic rings. The second-order valence-electron chi connectivity index (χ2n) is 6.66. The Morgan fingerprint density at radius 1 is 1.35 bits per heavy atom. The minimum Gasteiger partial charge on any atom is -0.493 e. The highest BCUT2D eigenvalue weighted by Crippen LogP contribution is 2.44. The number of rotatable bonds is 5. The molecule has 8 heteroatoms. The smallest absolute Gasteiger partial charge is 0.337 e. The van der Waals surface area contributed by atoms with E-state index in [2.05, 4.69) is 5.32 Å². The zero-order chi connectivity index (χ0) is 19.1. The van der Waals surface area contributed by atoms with Crippen LogP contribution in [0.4, 0.5) is 0 Å².